The normalized spacial score (nSPS) is 10.5. The zero-order valence-corrected chi connectivity index (χ0v) is 9.58. The van der Waals surface area contributed by atoms with Gasteiger partial charge in [-0.25, -0.2) is 4.39 Å². The molecule has 0 aliphatic carbocycles. The van der Waals surface area contributed by atoms with Gasteiger partial charge in [0.2, 0.25) is 0 Å². The summed E-state index contributed by atoms with van der Waals surface area (Å²) in [6.45, 7) is -1.35. The fourth-order valence-corrected chi connectivity index (χ4v) is 1.34. The van der Waals surface area contributed by atoms with Crippen molar-refractivity contribution in [1.82, 2.24) is 0 Å². The minimum absolute atomic E-state index is 0.190. The number of hydrogen-bond donors (Lipinski definition) is 1. The van der Waals surface area contributed by atoms with Gasteiger partial charge in [-0.1, -0.05) is 0 Å². The summed E-state index contributed by atoms with van der Waals surface area (Å²) in [5.74, 6) is -2.33. The largest absolute Gasteiger partial charge is 0.466 e. The second-order valence-electron chi connectivity index (χ2n) is 3.36. The average Bonchev–Trinajstić information content (AvgIpc) is 2.24. The van der Waals surface area contributed by atoms with Gasteiger partial charge in [-0.3, -0.25) is 4.79 Å². The number of alkyl halides is 2. The molecule has 0 aliphatic heterocycles. The second-order valence-corrected chi connectivity index (χ2v) is 3.36. The lowest BCUT2D eigenvalue weighted by Gasteiger charge is -2.10. The van der Waals surface area contributed by atoms with Crippen LogP contribution in [0.15, 0.2) is 12.1 Å². The molecule has 4 nitrogen and oxygen atoms in total. The van der Waals surface area contributed by atoms with Crippen LogP contribution < -0.4 is 10.5 Å². The van der Waals surface area contributed by atoms with Crippen molar-refractivity contribution in [2.24, 2.45) is 0 Å². The van der Waals surface area contributed by atoms with Crippen LogP contribution in [0.1, 0.15) is 12.5 Å². The molecular weight excluding hydrogens is 251 g/mol. The summed E-state index contributed by atoms with van der Waals surface area (Å²) in [4.78, 5) is 11.2. The number of nitrogen functional groups attached to an aromatic ring is 1. The van der Waals surface area contributed by atoms with Crippen molar-refractivity contribution in [2.75, 3.05) is 12.3 Å². The zero-order valence-electron chi connectivity index (χ0n) is 9.58. The van der Waals surface area contributed by atoms with Crippen LogP contribution in [0, 0.1) is 5.82 Å². The molecule has 0 amide bonds. The summed E-state index contributed by atoms with van der Waals surface area (Å²) in [5.41, 5.74) is 5.17. The molecule has 0 radical (unpaired) electrons. The molecule has 0 heterocycles. The third kappa shape index (κ3) is 3.83. The Morgan fingerprint density at radius 1 is 1.44 bits per heavy atom. The van der Waals surface area contributed by atoms with Gasteiger partial charge in [0.15, 0.2) is 11.6 Å². The maximum atomic E-state index is 13.3. The molecule has 18 heavy (non-hydrogen) atoms. The molecule has 0 fully saturated rings. The van der Waals surface area contributed by atoms with Crippen LogP contribution in [-0.2, 0) is 16.0 Å². The van der Waals surface area contributed by atoms with E-state index in [0.717, 1.165) is 6.07 Å². The SMILES string of the molecule is CCOC(=O)Cc1cc(N)c(F)c(OC(F)F)c1. The van der Waals surface area contributed by atoms with Gasteiger partial charge in [0.1, 0.15) is 0 Å². The first-order valence-electron chi connectivity index (χ1n) is 5.12. The highest BCUT2D eigenvalue weighted by molar-refractivity contribution is 5.73. The van der Waals surface area contributed by atoms with Gasteiger partial charge in [0, 0.05) is 0 Å². The summed E-state index contributed by atoms with van der Waals surface area (Å²) in [6.07, 6.45) is -0.197. The van der Waals surface area contributed by atoms with Crippen molar-refractivity contribution in [2.45, 2.75) is 20.0 Å². The van der Waals surface area contributed by atoms with E-state index in [-0.39, 0.29) is 24.3 Å². The summed E-state index contributed by atoms with van der Waals surface area (Å²) in [5, 5.41) is 0. The van der Waals surface area contributed by atoms with E-state index in [1.807, 2.05) is 0 Å². The van der Waals surface area contributed by atoms with Crippen LogP contribution in [-0.4, -0.2) is 19.2 Å². The first-order chi connectivity index (χ1) is 8.43. The second kappa shape index (κ2) is 6.13. The lowest BCUT2D eigenvalue weighted by Crippen LogP contribution is -2.10. The monoisotopic (exact) mass is 263 g/mol. The van der Waals surface area contributed by atoms with Crippen LogP contribution in [0.25, 0.3) is 0 Å². The Hall–Kier alpha value is -1.92. The van der Waals surface area contributed by atoms with E-state index in [2.05, 4.69) is 9.47 Å². The van der Waals surface area contributed by atoms with Crippen molar-refractivity contribution in [1.29, 1.82) is 0 Å². The first-order valence-corrected chi connectivity index (χ1v) is 5.12. The van der Waals surface area contributed by atoms with Crippen LogP contribution >= 0.6 is 0 Å². The quantitative estimate of drug-likeness (QED) is 0.653. The van der Waals surface area contributed by atoms with Crippen molar-refractivity contribution in [3.05, 3.63) is 23.5 Å². The molecule has 0 aliphatic rings. The first kappa shape index (κ1) is 14.1. The maximum absolute atomic E-state index is 13.3. The maximum Gasteiger partial charge on any atom is 0.387 e. The summed E-state index contributed by atoms with van der Waals surface area (Å²) in [7, 11) is 0. The number of carbonyl (C=O) groups is 1. The van der Waals surface area contributed by atoms with Gasteiger partial charge in [-0.05, 0) is 24.6 Å². The van der Waals surface area contributed by atoms with Crippen LogP contribution in [0.5, 0.6) is 5.75 Å². The van der Waals surface area contributed by atoms with E-state index in [1.165, 1.54) is 6.07 Å². The molecule has 7 heteroatoms. The Morgan fingerprint density at radius 3 is 2.67 bits per heavy atom. The highest BCUT2D eigenvalue weighted by Crippen LogP contribution is 2.26. The fourth-order valence-electron chi connectivity index (χ4n) is 1.34. The third-order valence-electron chi connectivity index (χ3n) is 2.00. The van der Waals surface area contributed by atoms with Gasteiger partial charge in [-0.15, -0.1) is 0 Å². The van der Waals surface area contributed by atoms with Crippen molar-refractivity contribution in [3.63, 3.8) is 0 Å². The molecule has 0 unspecified atom stereocenters. The number of benzene rings is 1. The van der Waals surface area contributed by atoms with Gasteiger partial charge in [-0.2, -0.15) is 8.78 Å². The predicted octanol–water partition coefficient (Wildman–Crippen LogP) is 2.11. The number of ether oxygens (including phenoxy) is 2. The number of carbonyl (C=O) groups excluding carboxylic acids is 1. The number of esters is 1. The van der Waals surface area contributed by atoms with E-state index in [1.54, 1.807) is 6.92 Å². The summed E-state index contributed by atoms with van der Waals surface area (Å²) < 4.78 is 46.0. The van der Waals surface area contributed by atoms with Gasteiger partial charge < -0.3 is 15.2 Å². The molecule has 0 aromatic heterocycles. The van der Waals surface area contributed by atoms with Gasteiger partial charge in [0.25, 0.3) is 0 Å². The summed E-state index contributed by atoms with van der Waals surface area (Å²) in [6, 6.07) is 2.17. The minimum Gasteiger partial charge on any atom is -0.466 e. The molecule has 0 spiro atoms. The van der Waals surface area contributed by atoms with Crippen LogP contribution in [0.3, 0.4) is 0 Å². The van der Waals surface area contributed by atoms with Crippen molar-refractivity contribution >= 4 is 11.7 Å². The number of hydrogen-bond acceptors (Lipinski definition) is 4. The molecule has 100 valence electrons. The number of halogens is 3. The van der Waals surface area contributed by atoms with Gasteiger partial charge >= 0.3 is 12.6 Å². The minimum atomic E-state index is -3.17. The Kier molecular flexibility index (Phi) is 4.82. The lowest BCUT2D eigenvalue weighted by atomic mass is 10.1. The smallest absolute Gasteiger partial charge is 0.387 e. The standard InChI is InChI=1S/C11H12F3NO3/c1-2-17-9(16)5-6-3-7(15)10(12)8(4-6)18-11(13)14/h3-4,11H,2,5,15H2,1H3. The topological polar surface area (TPSA) is 61.5 Å². The number of nitrogens with two attached hydrogens (primary N) is 1. The third-order valence-corrected chi connectivity index (χ3v) is 2.00. The highest BCUT2D eigenvalue weighted by atomic mass is 19.3. The van der Waals surface area contributed by atoms with E-state index in [4.69, 9.17) is 5.73 Å². The van der Waals surface area contributed by atoms with Crippen molar-refractivity contribution in [3.8, 4) is 5.75 Å². The van der Waals surface area contributed by atoms with E-state index < -0.39 is 24.1 Å². The molecule has 2 N–H and O–H groups in total. The molecule has 0 atom stereocenters. The Bertz CT molecular complexity index is 438. The molecule has 0 bridgehead atoms. The Labute approximate surface area is 101 Å². The summed E-state index contributed by atoms with van der Waals surface area (Å²) >= 11 is 0. The Balaban J connectivity index is 2.93. The number of anilines is 1. The van der Waals surface area contributed by atoms with E-state index >= 15 is 0 Å². The fraction of sp³-hybridized carbons (Fsp3) is 0.364. The average molecular weight is 263 g/mol. The predicted molar refractivity (Wildman–Crippen MR) is 57.8 cm³/mol. The van der Waals surface area contributed by atoms with E-state index in [0.29, 0.717) is 0 Å². The van der Waals surface area contributed by atoms with Crippen LogP contribution in [0.2, 0.25) is 0 Å². The zero-order chi connectivity index (χ0) is 13.7. The van der Waals surface area contributed by atoms with Gasteiger partial charge in [0.05, 0.1) is 18.7 Å². The molecule has 1 aromatic carbocycles. The van der Waals surface area contributed by atoms with Crippen LogP contribution in [0.4, 0.5) is 18.9 Å². The van der Waals surface area contributed by atoms with E-state index in [9.17, 15) is 18.0 Å². The molecular formula is C11H12F3NO3. The molecule has 1 aromatic rings. The molecule has 0 saturated heterocycles. The molecule has 1 rings (SSSR count). The van der Waals surface area contributed by atoms with Crippen molar-refractivity contribution < 1.29 is 27.4 Å². The number of rotatable bonds is 5. The molecule has 0 saturated carbocycles. The lowest BCUT2D eigenvalue weighted by molar-refractivity contribution is -0.142. The Morgan fingerprint density at radius 2 is 2.11 bits per heavy atom. The highest BCUT2D eigenvalue weighted by Gasteiger charge is 2.15.